The molecule has 0 N–H and O–H groups in total. The second kappa shape index (κ2) is 6.14. The Morgan fingerprint density at radius 3 is 2.36 bits per heavy atom. The van der Waals surface area contributed by atoms with E-state index in [4.69, 9.17) is 13.9 Å². The van der Waals surface area contributed by atoms with Crippen LogP contribution in [-0.2, 0) is 4.43 Å². The molecule has 0 fully saturated rings. The minimum Gasteiger partial charge on any atom is -0.484 e. The number of hydrogen-bond acceptors (Lipinski definition) is 6. The third-order valence-electron chi connectivity index (χ3n) is 4.22. The minimum atomic E-state index is -1.86. The highest BCUT2D eigenvalue weighted by Crippen LogP contribution is 2.43. The molecule has 0 radical (unpaired) electrons. The molecule has 122 valence electrons. The van der Waals surface area contributed by atoms with Crippen molar-refractivity contribution < 1.29 is 23.5 Å². The molecule has 1 unspecified atom stereocenters. The Hall–Kier alpha value is -1.18. The summed E-state index contributed by atoms with van der Waals surface area (Å²) in [4.78, 5) is 22.9. The van der Waals surface area contributed by atoms with E-state index in [1.54, 1.807) is 0 Å². The van der Waals surface area contributed by atoms with Crippen molar-refractivity contribution in [1.82, 2.24) is 0 Å². The van der Waals surface area contributed by atoms with Gasteiger partial charge in [-0.1, -0.05) is 20.8 Å². The number of ether oxygens (including phenoxy) is 2. The van der Waals surface area contributed by atoms with Crippen LogP contribution in [-0.4, -0.2) is 40.2 Å². The topological polar surface area (TPSA) is 61.8 Å². The molecule has 1 aliphatic heterocycles. The number of aldehydes is 2. The molecule has 22 heavy (non-hydrogen) atoms. The van der Waals surface area contributed by atoms with Crippen molar-refractivity contribution in [3.05, 3.63) is 9.75 Å². The standard InChI is InChI=1S/C15H22O5SSi/c1-15(2,3)22(4,5)19-9-10-8-18-13-11(6-16)21-12(7-17)14(13)20-10/h6-7,10H,8-9H2,1-5H3. The van der Waals surface area contributed by atoms with Gasteiger partial charge in [-0.25, -0.2) is 0 Å². The van der Waals surface area contributed by atoms with Crippen LogP contribution < -0.4 is 9.47 Å². The van der Waals surface area contributed by atoms with Crippen molar-refractivity contribution in [2.24, 2.45) is 0 Å². The molecule has 0 saturated carbocycles. The maximum atomic E-state index is 11.1. The molecule has 1 aliphatic rings. The number of carbonyl (C=O) groups excluding carboxylic acids is 2. The van der Waals surface area contributed by atoms with Crippen LogP contribution in [0.15, 0.2) is 0 Å². The van der Waals surface area contributed by atoms with Crippen LogP contribution in [0.3, 0.4) is 0 Å². The lowest BCUT2D eigenvalue weighted by Crippen LogP contribution is -2.45. The van der Waals surface area contributed by atoms with Crippen LogP contribution in [0, 0.1) is 0 Å². The Balaban J connectivity index is 2.08. The summed E-state index contributed by atoms with van der Waals surface area (Å²) in [6.07, 6.45) is 1.11. The van der Waals surface area contributed by atoms with Crippen LogP contribution in [0.4, 0.5) is 0 Å². The molecular weight excluding hydrogens is 320 g/mol. The first kappa shape index (κ1) is 17.2. The zero-order valence-corrected chi connectivity index (χ0v) is 15.4. The lowest BCUT2D eigenvalue weighted by molar-refractivity contribution is 0.0489. The number of rotatable bonds is 5. The van der Waals surface area contributed by atoms with Gasteiger partial charge in [0.05, 0.1) is 6.61 Å². The van der Waals surface area contributed by atoms with Crippen LogP contribution in [0.1, 0.15) is 40.1 Å². The zero-order valence-electron chi connectivity index (χ0n) is 13.6. The minimum absolute atomic E-state index is 0.120. The van der Waals surface area contributed by atoms with Crippen LogP contribution in [0.5, 0.6) is 11.5 Å². The van der Waals surface area contributed by atoms with Gasteiger partial charge in [0.25, 0.3) is 0 Å². The zero-order chi connectivity index (χ0) is 16.5. The van der Waals surface area contributed by atoms with Gasteiger partial charge in [-0.15, -0.1) is 11.3 Å². The second-order valence-electron chi connectivity index (χ2n) is 6.85. The number of thiophene rings is 1. The molecule has 0 saturated heterocycles. The molecule has 1 atom stereocenters. The number of fused-ring (bicyclic) bond motifs is 1. The second-order valence-corrected chi connectivity index (χ2v) is 12.7. The molecule has 2 heterocycles. The van der Waals surface area contributed by atoms with Gasteiger partial charge in [0, 0.05) is 0 Å². The third kappa shape index (κ3) is 3.26. The molecule has 0 bridgehead atoms. The van der Waals surface area contributed by atoms with Gasteiger partial charge >= 0.3 is 0 Å². The van der Waals surface area contributed by atoms with Crippen molar-refractivity contribution in [3.63, 3.8) is 0 Å². The Bertz CT molecular complexity index is 573. The van der Waals surface area contributed by atoms with Crippen LogP contribution in [0.2, 0.25) is 18.1 Å². The summed E-state index contributed by atoms with van der Waals surface area (Å²) >= 11 is 1.09. The highest BCUT2D eigenvalue weighted by atomic mass is 32.1. The van der Waals surface area contributed by atoms with E-state index in [1.165, 1.54) is 0 Å². The molecule has 0 spiro atoms. The SMILES string of the molecule is CC(C)(C)[Si](C)(C)OCC1COc2c(C=O)sc(C=O)c2O1. The maximum Gasteiger partial charge on any atom is 0.192 e. The fourth-order valence-corrected chi connectivity index (χ4v) is 3.66. The van der Waals surface area contributed by atoms with Gasteiger partial charge < -0.3 is 13.9 Å². The van der Waals surface area contributed by atoms with E-state index in [1.807, 2.05) is 0 Å². The summed E-state index contributed by atoms with van der Waals surface area (Å²) in [5.41, 5.74) is 0. The quantitative estimate of drug-likeness (QED) is 0.605. The highest BCUT2D eigenvalue weighted by Gasteiger charge is 2.38. The van der Waals surface area contributed by atoms with Crippen molar-refractivity contribution >= 4 is 32.2 Å². The summed E-state index contributed by atoms with van der Waals surface area (Å²) in [5, 5.41) is 0.120. The molecule has 0 aromatic carbocycles. The third-order valence-corrected chi connectivity index (χ3v) is 9.73. The summed E-state index contributed by atoms with van der Waals surface area (Å²) in [6, 6.07) is 0. The largest absolute Gasteiger partial charge is 0.484 e. The number of hydrogen-bond donors (Lipinski definition) is 0. The van der Waals surface area contributed by atoms with E-state index in [-0.39, 0.29) is 11.1 Å². The van der Waals surface area contributed by atoms with Gasteiger partial charge in [-0.2, -0.15) is 0 Å². The Labute approximate surface area is 135 Å². The fourth-order valence-electron chi connectivity index (χ4n) is 1.82. The smallest absolute Gasteiger partial charge is 0.192 e. The van der Waals surface area contributed by atoms with Crippen LogP contribution >= 0.6 is 11.3 Å². The average molecular weight is 342 g/mol. The Kier molecular flexibility index (Phi) is 4.79. The summed E-state index contributed by atoms with van der Waals surface area (Å²) in [6.45, 7) is 11.6. The molecular formula is C15H22O5SSi. The Morgan fingerprint density at radius 1 is 1.23 bits per heavy atom. The van der Waals surface area contributed by atoms with Gasteiger partial charge in [0.1, 0.15) is 16.4 Å². The summed E-state index contributed by atoms with van der Waals surface area (Å²) < 4.78 is 17.6. The fraction of sp³-hybridized carbons (Fsp3) is 0.600. The van der Waals surface area contributed by atoms with E-state index in [9.17, 15) is 9.59 Å². The summed E-state index contributed by atoms with van der Waals surface area (Å²) in [7, 11) is -1.86. The average Bonchev–Trinajstić information content (AvgIpc) is 2.81. The Morgan fingerprint density at radius 2 is 1.82 bits per heavy atom. The maximum absolute atomic E-state index is 11.1. The first-order chi connectivity index (χ1) is 10.2. The molecule has 1 aromatic heterocycles. The van der Waals surface area contributed by atoms with E-state index < -0.39 is 8.32 Å². The molecule has 1 aromatic rings. The lowest BCUT2D eigenvalue weighted by Gasteiger charge is -2.37. The predicted octanol–water partition coefficient (Wildman–Crippen LogP) is 3.53. The van der Waals surface area contributed by atoms with E-state index >= 15 is 0 Å². The predicted molar refractivity (Wildman–Crippen MR) is 88.2 cm³/mol. The van der Waals surface area contributed by atoms with E-state index in [0.717, 1.165) is 11.3 Å². The monoisotopic (exact) mass is 342 g/mol. The molecule has 7 heteroatoms. The van der Waals surface area contributed by atoms with Crippen molar-refractivity contribution in [1.29, 1.82) is 0 Å². The molecule has 5 nitrogen and oxygen atoms in total. The van der Waals surface area contributed by atoms with Gasteiger partial charge in [-0.05, 0) is 18.1 Å². The van der Waals surface area contributed by atoms with Gasteiger partial charge in [-0.3, -0.25) is 9.59 Å². The molecule has 2 rings (SSSR count). The normalized spacial score (nSPS) is 18.1. The van der Waals surface area contributed by atoms with Crippen molar-refractivity contribution in [2.75, 3.05) is 13.2 Å². The molecule has 0 amide bonds. The number of carbonyl (C=O) groups is 2. The lowest BCUT2D eigenvalue weighted by atomic mass is 10.2. The highest BCUT2D eigenvalue weighted by molar-refractivity contribution is 7.16. The van der Waals surface area contributed by atoms with Gasteiger partial charge in [0.2, 0.25) is 0 Å². The van der Waals surface area contributed by atoms with Crippen molar-refractivity contribution in [3.8, 4) is 11.5 Å². The van der Waals surface area contributed by atoms with Crippen LogP contribution in [0.25, 0.3) is 0 Å². The van der Waals surface area contributed by atoms with E-state index in [0.29, 0.717) is 47.0 Å². The van der Waals surface area contributed by atoms with Crippen molar-refractivity contribution in [2.45, 2.75) is 45.0 Å². The summed E-state index contributed by atoms with van der Waals surface area (Å²) in [5.74, 6) is 0.753. The first-order valence-electron chi connectivity index (χ1n) is 7.20. The van der Waals surface area contributed by atoms with E-state index in [2.05, 4.69) is 33.9 Å². The first-order valence-corrected chi connectivity index (χ1v) is 10.9. The molecule has 0 aliphatic carbocycles. The van der Waals surface area contributed by atoms with Gasteiger partial charge in [0.15, 0.2) is 38.5 Å².